The number of morpholine rings is 1. The van der Waals surface area contributed by atoms with E-state index >= 15 is 0 Å². The van der Waals surface area contributed by atoms with Gasteiger partial charge < -0.3 is 15.4 Å². The van der Waals surface area contributed by atoms with E-state index in [9.17, 15) is 0 Å². The van der Waals surface area contributed by atoms with Crippen LogP contribution in [-0.2, 0) is 17.8 Å². The number of rotatable bonds is 8. The van der Waals surface area contributed by atoms with Gasteiger partial charge in [-0.05, 0) is 29.9 Å². The molecule has 0 bridgehead atoms. The first kappa shape index (κ1) is 23.4. The molecule has 0 amide bonds. The minimum absolute atomic E-state index is 0. The van der Waals surface area contributed by atoms with E-state index in [0.717, 1.165) is 57.8 Å². The summed E-state index contributed by atoms with van der Waals surface area (Å²) in [5.41, 5.74) is 2.67. The summed E-state index contributed by atoms with van der Waals surface area (Å²) in [5.74, 6) is 1.87. The predicted octanol–water partition coefficient (Wildman–Crippen LogP) is 3.77. The van der Waals surface area contributed by atoms with Crippen LogP contribution < -0.4 is 10.6 Å². The molecule has 5 nitrogen and oxygen atoms in total. The fraction of sp³-hybridized carbons (Fsp3) is 0.682. The first-order valence-electron chi connectivity index (χ1n) is 10.7. The number of aliphatic imine (C=N–C) groups is 1. The van der Waals surface area contributed by atoms with Gasteiger partial charge in [0.1, 0.15) is 0 Å². The van der Waals surface area contributed by atoms with E-state index in [1.807, 2.05) is 7.05 Å². The number of benzene rings is 1. The molecule has 1 aliphatic heterocycles. The zero-order valence-electron chi connectivity index (χ0n) is 17.3. The van der Waals surface area contributed by atoms with Crippen molar-refractivity contribution in [3.8, 4) is 0 Å². The Morgan fingerprint density at radius 1 is 1.14 bits per heavy atom. The van der Waals surface area contributed by atoms with Gasteiger partial charge in [0.2, 0.25) is 0 Å². The van der Waals surface area contributed by atoms with Gasteiger partial charge in [-0.15, -0.1) is 24.0 Å². The van der Waals surface area contributed by atoms with E-state index in [2.05, 4.69) is 44.8 Å². The molecule has 1 aromatic carbocycles. The molecule has 0 spiro atoms. The second-order valence-electron chi connectivity index (χ2n) is 7.85. The highest BCUT2D eigenvalue weighted by Crippen LogP contribution is 2.28. The third kappa shape index (κ3) is 8.25. The highest BCUT2D eigenvalue weighted by Gasteiger charge is 2.14. The second-order valence-corrected chi connectivity index (χ2v) is 7.85. The van der Waals surface area contributed by atoms with Crippen LogP contribution in [0.25, 0.3) is 0 Å². The average Bonchev–Trinajstić information content (AvgIpc) is 3.22. The standard InChI is InChI=1S/C22H36N4O.HI/c1-23-22(24-11-5-10-19-6-2-3-7-19)25-17-20-8-4-9-21(16-20)18-26-12-14-27-15-13-26;/h4,8-9,16,19H,2-3,5-7,10-15,17-18H2,1H3,(H2,23,24,25);1H. The highest BCUT2D eigenvalue weighted by atomic mass is 127. The van der Waals surface area contributed by atoms with Crippen LogP contribution in [0.3, 0.4) is 0 Å². The molecule has 1 saturated heterocycles. The molecule has 1 aliphatic carbocycles. The molecule has 1 aromatic rings. The van der Waals surface area contributed by atoms with Crippen LogP contribution in [-0.4, -0.2) is 50.8 Å². The largest absolute Gasteiger partial charge is 0.379 e. The zero-order chi connectivity index (χ0) is 18.7. The Morgan fingerprint density at radius 3 is 2.64 bits per heavy atom. The Balaban J connectivity index is 0.00000280. The number of nitrogens with one attached hydrogen (secondary N) is 2. The Labute approximate surface area is 187 Å². The van der Waals surface area contributed by atoms with Crippen molar-refractivity contribution in [2.75, 3.05) is 39.9 Å². The Bertz CT molecular complexity index is 584. The highest BCUT2D eigenvalue weighted by molar-refractivity contribution is 14.0. The molecular formula is C22H37IN4O. The molecule has 28 heavy (non-hydrogen) atoms. The van der Waals surface area contributed by atoms with Crippen molar-refractivity contribution in [3.05, 3.63) is 35.4 Å². The summed E-state index contributed by atoms with van der Waals surface area (Å²) in [6.45, 7) is 6.57. The van der Waals surface area contributed by atoms with E-state index in [1.54, 1.807) is 0 Å². The normalized spacial score (nSPS) is 18.7. The van der Waals surface area contributed by atoms with Crippen LogP contribution in [0.5, 0.6) is 0 Å². The van der Waals surface area contributed by atoms with Crippen molar-refractivity contribution >= 4 is 29.9 Å². The lowest BCUT2D eigenvalue weighted by Gasteiger charge is -2.26. The Hall–Kier alpha value is -0.860. The summed E-state index contributed by atoms with van der Waals surface area (Å²) in [6, 6.07) is 8.86. The van der Waals surface area contributed by atoms with Crippen LogP contribution in [0.15, 0.2) is 29.3 Å². The van der Waals surface area contributed by atoms with Crippen LogP contribution in [0.1, 0.15) is 49.7 Å². The van der Waals surface area contributed by atoms with E-state index in [0.29, 0.717) is 0 Å². The van der Waals surface area contributed by atoms with Crippen molar-refractivity contribution in [2.45, 2.75) is 51.6 Å². The fourth-order valence-corrected chi connectivity index (χ4v) is 4.16. The molecule has 0 radical (unpaired) electrons. The maximum atomic E-state index is 5.44. The molecule has 0 aromatic heterocycles. The van der Waals surface area contributed by atoms with Gasteiger partial charge in [0.05, 0.1) is 13.2 Å². The number of nitrogens with zero attached hydrogens (tertiary/aromatic N) is 2. The van der Waals surface area contributed by atoms with Crippen LogP contribution >= 0.6 is 24.0 Å². The summed E-state index contributed by atoms with van der Waals surface area (Å²) in [7, 11) is 1.85. The Morgan fingerprint density at radius 2 is 1.89 bits per heavy atom. The van der Waals surface area contributed by atoms with Crippen molar-refractivity contribution in [1.29, 1.82) is 0 Å². The minimum atomic E-state index is 0. The van der Waals surface area contributed by atoms with Crippen LogP contribution in [0.2, 0.25) is 0 Å². The lowest BCUT2D eigenvalue weighted by Crippen LogP contribution is -2.37. The summed E-state index contributed by atoms with van der Waals surface area (Å²) in [6.07, 6.45) is 8.34. The van der Waals surface area contributed by atoms with Crippen LogP contribution in [0.4, 0.5) is 0 Å². The van der Waals surface area contributed by atoms with Crippen molar-refractivity contribution in [1.82, 2.24) is 15.5 Å². The van der Waals surface area contributed by atoms with E-state index in [1.165, 1.54) is 49.7 Å². The fourth-order valence-electron chi connectivity index (χ4n) is 4.16. The monoisotopic (exact) mass is 500 g/mol. The molecular weight excluding hydrogens is 463 g/mol. The van der Waals surface area contributed by atoms with Gasteiger partial charge in [0.25, 0.3) is 0 Å². The SMILES string of the molecule is CN=C(NCCCC1CCCC1)NCc1cccc(CN2CCOCC2)c1.I. The number of hydrogen-bond donors (Lipinski definition) is 2. The molecule has 1 heterocycles. The Kier molecular flexibility index (Phi) is 11.2. The zero-order valence-corrected chi connectivity index (χ0v) is 19.6. The van der Waals surface area contributed by atoms with Crippen molar-refractivity contribution < 1.29 is 4.74 Å². The smallest absolute Gasteiger partial charge is 0.191 e. The average molecular weight is 500 g/mol. The van der Waals surface area contributed by atoms with Gasteiger partial charge in [-0.2, -0.15) is 0 Å². The third-order valence-corrected chi connectivity index (χ3v) is 5.74. The summed E-state index contributed by atoms with van der Waals surface area (Å²) >= 11 is 0. The molecule has 2 aliphatic rings. The summed E-state index contributed by atoms with van der Waals surface area (Å²) in [5, 5.41) is 6.91. The van der Waals surface area contributed by atoms with Gasteiger partial charge in [0, 0.05) is 39.8 Å². The van der Waals surface area contributed by atoms with E-state index in [-0.39, 0.29) is 24.0 Å². The molecule has 0 atom stereocenters. The molecule has 2 N–H and O–H groups in total. The summed E-state index contributed by atoms with van der Waals surface area (Å²) in [4.78, 5) is 6.82. The number of halogens is 1. The van der Waals surface area contributed by atoms with Crippen LogP contribution in [0, 0.1) is 5.92 Å². The number of guanidine groups is 1. The van der Waals surface area contributed by atoms with Gasteiger partial charge in [-0.3, -0.25) is 9.89 Å². The lowest BCUT2D eigenvalue weighted by molar-refractivity contribution is 0.0342. The van der Waals surface area contributed by atoms with E-state index < -0.39 is 0 Å². The number of ether oxygens (including phenoxy) is 1. The molecule has 6 heteroatoms. The van der Waals surface area contributed by atoms with Crippen molar-refractivity contribution in [2.24, 2.45) is 10.9 Å². The van der Waals surface area contributed by atoms with E-state index in [4.69, 9.17) is 4.74 Å². The summed E-state index contributed by atoms with van der Waals surface area (Å²) < 4.78 is 5.44. The topological polar surface area (TPSA) is 48.9 Å². The maximum absolute atomic E-state index is 5.44. The van der Waals surface area contributed by atoms with Gasteiger partial charge in [-0.1, -0.05) is 49.9 Å². The predicted molar refractivity (Wildman–Crippen MR) is 127 cm³/mol. The third-order valence-electron chi connectivity index (χ3n) is 5.74. The molecule has 1 saturated carbocycles. The second kappa shape index (κ2) is 13.4. The minimum Gasteiger partial charge on any atom is -0.379 e. The van der Waals surface area contributed by atoms with Gasteiger partial charge in [0.15, 0.2) is 5.96 Å². The number of hydrogen-bond acceptors (Lipinski definition) is 3. The molecule has 2 fully saturated rings. The molecule has 158 valence electrons. The molecule has 0 unspecified atom stereocenters. The molecule has 3 rings (SSSR count). The first-order chi connectivity index (χ1) is 13.3. The maximum Gasteiger partial charge on any atom is 0.191 e. The quantitative estimate of drug-likeness (QED) is 0.247. The van der Waals surface area contributed by atoms with Gasteiger partial charge in [-0.25, -0.2) is 0 Å². The first-order valence-corrected chi connectivity index (χ1v) is 10.7. The van der Waals surface area contributed by atoms with Crippen molar-refractivity contribution in [3.63, 3.8) is 0 Å². The lowest BCUT2D eigenvalue weighted by atomic mass is 10.0. The van der Waals surface area contributed by atoms with Gasteiger partial charge >= 0.3 is 0 Å².